The lowest BCUT2D eigenvalue weighted by Crippen LogP contribution is -2.23. The number of nitrogens with zero attached hydrogens (tertiary/aromatic N) is 1. The Balaban J connectivity index is 1.99. The highest BCUT2D eigenvalue weighted by atomic mass is 79.9. The van der Waals surface area contributed by atoms with E-state index < -0.39 is 5.91 Å². The minimum atomic E-state index is -0.400. The van der Waals surface area contributed by atoms with Crippen molar-refractivity contribution in [1.82, 2.24) is 5.32 Å². The minimum Gasteiger partial charge on any atom is -0.493 e. The molecular formula is C25H29BrN2O2. The second-order valence-electron chi connectivity index (χ2n) is 7.14. The average Bonchev–Trinajstić information content (AvgIpc) is 2.77. The quantitative estimate of drug-likeness (QED) is 0.222. The van der Waals surface area contributed by atoms with Crippen molar-refractivity contribution in [2.24, 2.45) is 0 Å². The highest BCUT2D eigenvalue weighted by Gasteiger charge is 2.11. The molecule has 0 saturated carbocycles. The van der Waals surface area contributed by atoms with Gasteiger partial charge in [0.05, 0.1) is 6.61 Å². The zero-order valence-corrected chi connectivity index (χ0v) is 19.1. The molecule has 4 nitrogen and oxygen atoms in total. The summed E-state index contributed by atoms with van der Waals surface area (Å²) in [5.41, 5.74) is 1.74. The number of amides is 1. The van der Waals surface area contributed by atoms with E-state index in [2.05, 4.69) is 28.2 Å². The molecule has 0 unspecified atom stereocenters. The third-order valence-electron chi connectivity index (χ3n) is 4.69. The van der Waals surface area contributed by atoms with Crippen molar-refractivity contribution in [3.8, 4) is 11.8 Å². The monoisotopic (exact) mass is 468 g/mol. The molecule has 0 aliphatic carbocycles. The van der Waals surface area contributed by atoms with E-state index >= 15 is 0 Å². The predicted octanol–water partition coefficient (Wildman–Crippen LogP) is 6.41. The van der Waals surface area contributed by atoms with Gasteiger partial charge in [-0.3, -0.25) is 4.79 Å². The topological polar surface area (TPSA) is 62.1 Å². The van der Waals surface area contributed by atoms with Crippen LogP contribution < -0.4 is 10.1 Å². The summed E-state index contributed by atoms with van der Waals surface area (Å²) in [6.07, 6.45) is 8.74. The summed E-state index contributed by atoms with van der Waals surface area (Å²) in [6.45, 7) is 3.21. The van der Waals surface area contributed by atoms with Crippen LogP contribution in [0.1, 0.15) is 56.6 Å². The van der Waals surface area contributed by atoms with Gasteiger partial charge in [0.25, 0.3) is 5.91 Å². The smallest absolute Gasteiger partial charge is 0.262 e. The molecule has 0 radical (unpaired) electrons. The zero-order chi connectivity index (χ0) is 21.6. The molecule has 0 aliphatic rings. The molecule has 30 heavy (non-hydrogen) atoms. The molecule has 0 saturated heterocycles. The van der Waals surface area contributed by atoms with Crippen LogP contribution in [-0.4, -0.2) is 12.5 Å². The Hall–Kier alpha value is -2.58. The van der Waals surface area contributed by atoms with Gasteiger partial charge in [0.15, 0.2) is 0 Å². The average molecular weight is 469 g/mol. The molecule has 2 rings (SSSR count). The number of unbranched alkanes of at least 4 members (excludes halogenated alkanes) is 5. The van der Waals surface area contributed by atoms with Crippen molar-refractivity contribution in [1.29, 1.82) is 5.26 Å². The summed E-state index contributed by atoms with van der Waals surface area (Å²) in [7, 11) is 0. The van der Waals surface area contributed by atoms with Crippen molar-refractivity contribution < 1.29 is 9.53 Å². The van der Waals surface area contributed by atoms with Crippen molar-refractivity contribution in [2.75, 3.05) is 6.61 Å². The van der Waals surface area contributed by atoms with Gasteiger partial charge in [-0.1, -0.05) is 85.3 Å². The van der Waals surface area contributed by atoms with E-state index in [4.69, 9.17) is 4.74 Å². The number of hydrogen-bond donors (Lipinski definition) is 1. The molecule has 2 aromatic carbocycles. The van der Waals surface area contributed by atoms with Gasteiger partial charge in [-0.2, -0.15) is 5.26 Å². The van der Waals surface area contributed by atoms with Gasteiger partial charge in [0, 0.05) is 16.6 Å². The van der Waals surface area contributed by atoms with Crippen LogP contribution >= 0.6 is 15.9 Å². The first-order chi connectivity index (χ1) is 14.6. The van der Waals surface area contributed by atoms with E-state index in [0.29, 0.717) is 24.5 Å². The van der Waals surface area contributed by atoms with Crippen LogP contribution in [0.15, 0.2) is 58.6 Å². The Morgan fingerprint density at radius 1 is 1.10 bits per heavy atom. The van der Waals surface area contributed by atoms with E-state index in [1.54, 1.807) is 6.08 Å². The third kappa shape index (κ3) is 8.42. The number of hydrogen-bond acceptors (Lipinski definition) is 3. The Kier molecular flexibility index (Phi) is 10.7. The first-order valence-electron chi connectivity index (χ1n) is 10.5. The van der Waals surface area contributed by atoms with Gasteiger partial charge < -0.3 is 10.1 Å². The third-order valence-corrected chi connectivity index (χ3v) is 5.18. The number of benzene rings is 2. The van der Waals surface area contributed by atoms with E-state index in [-0.39, 0.29) is 5.57 Å². The maximum Gasteiger partial charge on any atom is 0.262 e. The minimum absolute atomic E-state index is 0.0495. The normalized spacial score (nSPS) is 11.0. The standard InChI is InChI=1S/C25H29BrN2O2/c1-2-3-4-5-6-10-15-30-24-14-13-23(26)17-21(24)16-22(18-27)25(29)28-19-20-11-8-7-9-12-20/h7-9,11-14,16-17H,2-6,10,15,19H2,1H3,(H,28,29)/b22-16+. The Morgan fingerprint density at radius 3 is 2.57 bits per heavy atom. The fourth-order valence-electron chi connectivity index (χ4n) is 3.01. The van der Waals surface area contributed by atoms with Crippen LogP contribution in [0.4, 0.5) is 0 Å². The Labute approximate surface area is 188 Å². The molecule has 5 heteroatoms. The van der Waals surface area contributed by atoms with Crippen molar-refractivity contribution in [3.63, 3.8) is 0 Å². The van der Waals surface area contributed by atoms with Gasteiger partial charge in [-0.25, -0.2) is 0 Å². The first-order valence-corrected chi connectivity index (χ1v) is 11.3. The molecule has 0 spiro atoms. The van der Waals surface area contributed by atoms with Gasteiger partial charge >= 0.3 is 0 Å². The fourth-order valence-corrected chi connectivity index (χ4v) is 3.38. The van der Waals surface area contributed by atoms with E-state index in [9.17, 15) is 10.1 Å². The maximum absolute atomic E-state index is 12.5. The van der Waals surface area contributed by atoms with Crippen LogP contribution in [0.2, 0.25) is 0 Å². The number of ether oxygens (including phenoxy) is 1. The summed E-state index contributed by atoms with van der Waals surface area (Å²) in [4.78, 5) is 12.5. The Bertz CT molecular complexity index is 872. The lowest BCUT2D eigenvalue weighted by Gasteiger charge is -2.11. The molecule has 1 amide bonds. The summed E-state index contributed by atoms with van der Waals surface area (Å²) in [5.74, 6) is 0.276. The number of carbonyl (C=O) groups is 1. The fraction of sp³-hybridized carbons (Fsp3) is 0.360. The number of nitrogens with one attached hydrogen (secondary N) is 1. The molecule has 0 bridgehead atoms. The molecule has 2 aromatic rings. The van der Waals surface area contributed by atoms with Crippen LogP contribution in [0.25, 0.3) is 6.08 Å². The molecule has 0 atom stereocenters. The second-order valence-corrected chi connectivity index (χ2v) is 8.05. The molecule has 0 aliphatic heterocycles. The number of halogens is 1. The highest BCUT2D eigenvalue weighted by Crippen LogP contribution is 2.26. The van der Waals surface area contributed by atoms with Crippen molar-refractivity contribution >= 4 is 27.9 Å². The van der Waals surface area contributed by atoms with E-state index in [1.165, 1.54) is 25.7 Å². The van der Waals surface area contributed by atoms with Gasteiger partial charge in [-0.05, 0) is 36.3 Å². The largest absolute Gasteiger partial charge is 0.493 e. The maximum atomic E-state index is 12.5. The lowest BCUT2D eigenvalue weighted by atomic mass is 10.1. The zero-order valence-electron chi connectivity index (χ0n) is 17.5. The molecular weight excluding hydrogens is 440 g/mol. The van der Waals surface area contributed by atoms with E-state index in [1.807, 2.05) is 54.6 Å². The number of carbonyl (C=O) groups excluding carboxylic acids is 1. The van der Waals surface area contributed by atoms with Crippen molar-refractivity contribution in [3.05, 3.63) is 69.7 Å². The first kappa shape index (κ1) is 23.7. The number of nitriles is 1. The summed E-state index contributed by atoms with van der Waals surface area (Å²) >= 11 is 3.46. The second kappa shape index (κ2) is 13.6. The van der Waals surface area contributed by atoms with Crippen LogP contribution in [0, 0.1) is 11.3 Å². The van der Waals surface area contributed by atoms with Gasteiger partial charge in [0.2, 0.25) is 0 Å². The molecule has 0 fully saturated rings. The summed E-state index contributed by atoms with van der Waals surface area (Å²) in [6, 6.07) is 17.2. The highest BCUT2D eigenvalue weighted by molar-refractivity contribution is 9.10. The van der Waals surface area contributed by atoms with Crippen LogP contribution in [0.5, 0.6) is 5.75 Å². The van der Waals surface area contributed by atoms with Crippen molar-refractivity contribution in [2.45, 2.75) is 52.0 Å². The summed E-state index contributed by atoms with van der Waals surface area (Å²) in [5, 5.41) is 12.3. The number of rotatable bonds is 12. The molecule has 0 heterocycles. The summed E-state index contributed by atoms with van der Waals surface area (Å²) < 4.78 is 6.81. The molecule has 1 N–H and O–H groups in total. The molecule has 0 aromatic heterocycles. The van der Waals surface area contributed by atoms with E-state index in [0.717, 1.165) is 22.9 Å². The SMILES string of the molecule is CCCCCCCCOc1ccc(Br)cc1/C=C(\C#N)C(=O)NCc1ccccc1. The lowest BCUT2D eigenvalue weighted by molar-refractivity contribution is -0.117. The molecule has 158 valence electrons. The van der Waals surface area contributed by atoms with Gasteiger partial charge in [0.1, 0.15) is 17.4 Å². The van der Waals surface area contributed by atoms with Gasteiger partial charge in [-0.15, -0.1) is 0 Å². The van der Waals surface area contributed by atoms with Crippen LogP contribution in [0.3, 0.4) is 0 Å². The Morgan fingerprint density at radius 2 is 1.83 bits per heavy atom. The van der Waals surface area contributed by atoms with Crippen LogP contribution in [-0.2, 0) is 11.3 Å². The predicted molar refractivity (Wildman–Crippen MR) is 125 cm³/mol.